The second kappa shape index (κ2) is 3.88. The lowest BCUT2D eigenvalue weighted by Gasteiger charge is -2.24. The van der Waals surface area contributed by atoms with Gasteiger partial charge in [0.1, 0.15) is 5.75 Å². The summed E-state index contributed by atoms with van der Waals surface area (Å²) in [5.41, 5.74) is 4.34. The summed E-state index contributed by atoms with van der Waals surface area (Å²) in [6.45, 7) is 6.47. The van der Waals surface area contributed by atoms with Gasteiger partial charge in [-0.2, -0.15) is 0 Å². The highest BCUT2D eigenvalue weighted by Gasteiger charge is 2.18. The van der Waals surface area contributed by atoms with Gasteiger partial charge in [0, 0.05) is 0 Å². The predicted molar refractivity (Wildman–Crippen MR) is 59.2 cm³/mol. The minimum Gasteiger partial charge on any atom is -0.506 e. The maximum atomic E-state index is 9.43. The van der Waals surface area contributed by atoms with Crippen LogP contribution in [0.4, 0.5) is 5.69 Å². The molecule has 78 valence electrons. The first-order valence-corrected chi connectivity index (χ1v) is 4.81. The number of nitrogen functional groups attached to an aromatic ring is 1. The van der Waals surface area contributed by atoms with E-state index in [1.54, 1.807) is 6.07 Å². The Morgan fingerprint density at radius 2 is 2.07 bits per heavy atom. The summed E-state index contributed by atoms with van der Waals surface area (Å²) >= 11 is 0. The standard InChI is InChI=1S/C11H18N2O/c1-4-11(2,3)8-5-6-10(14)9(7-8)13-12/h5-7,13-14H,4,12H2,1-3H3. The van der Waals surface area contributed by atoms with Gasteiger partial charge in [0.2, 0.25) is 0 Å². The van der Waals surface area contributed by atoms with Gasteiger partial charge in [-0.05, 0) is 29.5 Å². The number of aromatic hydroxyl groups is 1. The van der Waals surface area contributed by atoms with Gasteiger partial charge in [0.05, 0.1) is 5.69 Å². The molecule has 0 atom stereocenters. The predicted octanol–water partition coefficient (Wildman–Crippen LogP) is 2.37. The lowest BCUT2D eigenvalue weighted by molar-refractivity contribution is 0.473. The normalized spacial score (nSPS) is 11.4. The van der Waals surface area contributed by atoms with Crippen molar-refractivity contribution >= 4 is 5.69 Å². The number of anilines is 1. The number of rotatable bonds is 3. The van der Waals surface area contributed by atoms with E-state index in [-0.39, 0.29) is 11.2 Å². The molecule has 0 radical (unpaired) electrons. The van der Waals surface area contributed by atoms with Crippen molar-refractivity contribution in [3.8, 4) is 5.75 Å². The number of hydrogen-bond donors (Lipinski definition) is 3. The highest BCUT2D eigenvalue weighted by Crippen LogP contribution is 2.32. The molecular weight excluding hydrogens is 176 g/mol. The van der Waals surface area contributed by atoms with Crippen molar-refractivity contribution in [1.29, 1.82) is 0 Å². The van der Waals surface area contributed by atoms with Crippen LogP contribution < -0.4 is 11.3 Å². The van der Waals surface area contributed by atoms with Gasteiger partial charge in [-0.15, -0.1) is 0 Å². The summed E-state index contributed by atoms with van der Waals surface area (Å²) in [5.74, 6) is 5.48. The van der Waals surface area contributed by atoms with Crippen LogP contribution in [0, 0.1) is 0 Å². The molecule has 1 aromatic carbocycles. The molecule has 0 bridgehead atoms. The number of nitrogens with one attached hydrogen (secondary N) is 1. The average Bonchev–Trinajstić information content (AvgIpc) is 2.18. The van der Waals surface area contributed by atoms with Crippen LogP contribution in [-0.4, -0.2) is 5.11 Å². The van der Waals surface area contributed by atoms with Crippen LogP contribution in [0.3, 0.4) is 0 Å². The lowest BCUT2D eigenvalue weighted by Crippen LogP contribution is -2.16. The van der Waals surface area contributed by atoms with Crippen molar-refractivity contribution < 1.29 is 5.11 Å². The van der Waals surface area contributed by atoms with Gasteiger partial charge >= 0.3 is 0 Å². The summed E-state index contributed by atoms with van der Waals surface area (Å²) in [6.07, 6.45) is 1.04. The van der Waals surface area contributed by atoms with Crippen molar-refractivity contribution in [2.24, 2.45) is 5.84 Å². The maximum Gasteiger partial charge on any atom is 0.140 e. The molecule has 3 heteroatoms. The molecule has 0 spiro atoms. The molecule has 0 aliphatic carbocycles. The van der Waals surface area contributed by atoms with Crippen molar-refractivity contribution in [3.05, 3.63) is 23.8 Å². The van der Waals surface area contributed by atoms with Crippen LogP contribution in [0.15, 0.2) is 18.2 Å². The second-order valence-corrected chi connectivity index (χ2v) is 4.11. The molecule has 0 saturated heterocycles. The van der Waals surface area contributed by atoms with Crippen LogP contribution in [0.2, 0.25) is 0 Å². The minimum atomic E-state index is 0.110. The third-order valence-electron chi connectivity index (χ3n) is 2.82. The second-order valence-electron chi connectivity index (χ2n) is 4.11. The Balaban J connectivity index is 3.12. The zero-order chi connectivity index (χ0) is 10.8. The molecule has 0 fully saturated rings. The summed E-state index contributed by atoms with van der Waals surface area (Å²) in [5, 5.41) is 9.43. The van der Waals surface area contributed by atoms with Crippen LogP contribution in [-0.2, 0) is 5.41 Å². The molecule has 4 N–H and O–H groups in total. The van der Waals surface area contributed by atoms with Gasteiger partial charge in [-0.1, -0.05) is 26.8 Å². The zero-order valence-corrected chi connectivity index (χ0v) is 8.96. The Kier molecular flexibility index (Phi) is 3.01. The topological polar surface area (TPSA) is 58.3 Å². The monoisotopic (exact) mass is 194 g/mol. The molecule has 0 amide bonds. The summed E-state index contributed by atoms with van der Waals surface area (Å²) < 4.78 is 0. The van der Waals surface area contributed by atoms with Crippen molar-refractivity contribution in [2.75, 3.05) is 5.43 Å². The fourth-order valence-corrected chi connectivity index (χ4v) is 1.28. The smallest absolute Gasteiger partial charge is 0.140 e. The molecule has 3 nitrogen and oxygen atoms in total. The third kappa shape index (κ3) is 1.99. The van der Waals surface area contributed by atoms with E-state index in [0.717, 1.165) is 6.42 Å². The fraction of sp³-hybridized carbons (Fsp3) is 0.455. The van der Waals surface area contributed by atoms with E-state index in [2.05, 4.69) is 26.2 Å². The first-order valence-electron chi connectivity index (χ1n) is 4.81. The molecule has 0 unspecified atom stereocenters. The van der Waals surface area contributed by atoms with E-state index < -0.39 is 0 Å². The van der Waals surface area contributed by atoms with Gasteiger partial charge in [-0.25, -0.2) is 0 Å². The van der Waals surface area contributed by atoms with Crippen molar-refractivity contribution in [1.82, 2.24) is 0 Å². The molecule has 0 aliphatic heterocycles. The average molecular weight is 194 g/mol. The maximum absolute atomic E-state index is 9.43. The first kappa shape index (κ1) is 10.9. The van der Waals surface area contributed by atoms with Gasteiger partial charge < -0.3 is 10.5 Å². The highest BCUT2D eigenvalue weighted by molar-refractivity contribution is 5.57. The van der Waals surface area contributed by atoms with E-state index in [4.69, 9.17) is 5.84 Å². The number of phenolic OH excluding ortho intramolecular Hbond substituents is 1. The molecule has 0 saturated carbocycles. The Hall–Kier alpha value is -1.22. The summed E-state index contributed by atoms with van der Waals surface area (Å²) in [7, 11) is 0. The fourth-order valence-electron chi connectivity index (χ4n) is 1.28. The van der Waals surface area contributed by atoms with E-state index in [0.29, 0.717) is 5.69 Å². The Morgan fingerprint density at radius 1 is 1.43 bits per heavy atom. The Bertz CT molecular complexity index is 321. The number of hydrogen-bond acceptors (Lipinski definition) is 3. The van der Waals surface area contributed by atoms with E-state index in [1.807, 2.05) is 12.1 Å². The lowest BCUT2D eigenvalue weighted by atomic mass is 9.82. The van der Waals surface area contributed by atoms with Crippen LogP contribution in [0.5, 0.6) is 5.75 Å². The molecule has 14 heavy (non-hydrogen) atoms. The van der Waals surface area contributed by atoms with Crippen molar-refractivity contribution in [3.63, 3.8) is 0 Å². The summed E-state index contributed by atoms with van der Waals surface area (Å²) in [4.78, 5) is 0. The van der Waals surface area contributed by atoms with E-state index in [1.165, 1.54) is 5.56 Å². The minimum absolute atomic E-state index is 0.110. The van der Waals surface area contributed by atoms with E-state index >= 15 is 0 Å². The van der Waals surface area contributed by atoms with Gasteiger partial charge in [-0.3, -0.25) is 5.84 Å². The molecule has 0 aromatic heterocycles. The van der Waals surface area contributed by atoms with Crippen molar-refractivity contribution in [2.45, 2.75) is 32.6 Å². The largest absolute Gasteiger partial charge is 0.506 e. The molecule has 1 aromatic rings. The molecule has 0 aliphatic rings. The molecule has 1 rings (SSSR count). The summed E-state index contributed by atoms with van der Waals surface area (Å²) in [6, 6.07) is 5.49. The zero-order valence-electron chi connectivity index (χ0n) is 8.96. The third-order valence-corrected chi connectivity index (χ3v) is 2.82. The Morgan fingerprint density at radius 3 is 2.57 bits per heavy atom. The SMILES string of the molecule is CCC(C)(C)c1ccc(O)c(NN)c1. The van der Waals surface area contributed by atoms with Crippen LogP contribution >= 0.6 is 0 Å². The van der Waals surface area contributed by atoms with Gasteiger partial charge in [0.25, 0.3) is 0 Å². The number of hydrazine groups is 1. The number of nitrogens with two attached hydrogens (primary N) is 1. The molecule has 0 heterocycles. The number of phenols is 1. The van der Waals surface area contributed by atoms with Gasteiger partial charge in [0.15, 0.2) is 0 Å². The first-order chi connectivity index (χ1) is 6.51. The van der Waals surface area contributed by atoms with Crippen LogP contribution in [0.25, 0.3) is 0 Å². The number of benzene rings is 1. The quantitative estimate of drug-likeness (QED) is 0.393. The van der Waals surface area contributed by atoms with Crippen LogP contribution in [0.1, 0.15) is 32.8 Å². The van der Waals surface area contributed by atoms with E-state index in [9.17, 15) is 5.11 Å². The highest BCUT2D eigenvalue weighted by atomic mass is 16.3. The molecular formula is C11H18N2O. The Labute approximate surface area is 84.9 Å².